The van der Waals surface area contributed by atoms with Gasteiger partial charge >= 0.3 is 5.97 Å². The van der Waals surface area contributed by atoms with Crippen LogP contribution in [0, 0.1) is 0 Å². The maximum absolute atomic E-state index is 11.9. The predicted octanol–water partition coefficient (Wildman–Crippen LogP) is 0.729. The summed E-state index contributed by atoms with van der Waals surface area (Å²) in [5.41, 5.74) is 0.922. The van der Waals surface area contributed by atoms with Crippen molar-refractivity contribution in [1.29, 1.82) is 0 Å². The number of ether oxygens (including phenoxy) is 2. The minimum absolute atomic E-state index is 0.0668. The van der Waals surface area contributed by atoms with Crippen molar-refractivity contribution in [2.75, 3.05) is 32.8 Å². The number of morpholine rings is 1. The topological polar surface area (TPSA) is 40.0 Å². The summed E-state index contributed by atoms with van der Waals surface area (Å²) in [5.74, 6) is -0.188. The van der Waals surface area contributed by atoms with Gasteiger partial charge in [0, 0.05) is 5.02 Å². The van der Waals surface area contributed by atoms with E-state index in [4.69, 9.17) is 21.1 Å². The van der Waals surface area contributed by atoms with Gasteiger partial charge in [0.1, 0.15) is 25.7 Å². The van der Waals surface area contributed by atoms with E-state index in [0.717, 1.165) is 38.4 Å². The van der Waals surface area contributed by atoms with Crippen LogP contribution < -0.4 is 4.90 Å². The van der Waals surface area contributed by atoms with Crippen LogP contribution in [-0.4, -0.2) is 44.9 Å². The van der Waals surface area contributed by atoms with Crippen LogP contribution in [0.5, 0.6) is 0 Å². The van der Waals surface area contributed by atoms with Gasteiger partial charge in [0.05, 0.1) is 19.6 Å². The van der Waals surface area contributed by atoms with Gasteiger partial charge < -0.3 is 14.4 Å². The Morgan fingerprint density at radius 3 is 2.65 bits per heavy atom. The number of carbonyl (C=O) groups excluding carboxylic acids is 1. The Morgan fingerprint density at radius 1 is 1.35 bits per heavy atom. The largest absolute Gasteiger partial charge is 0.456 e. The fourth-order valence-corrected chi connectivity index (χ4v) is 2.47. The summed E-state index contributed by atoms with van der Waals surface area (Å²) in [6, 6.07) is 7.26. The van der Waals surface area contributed by atoms with Crippen molar-refractivity contribution in [1.82, 2.24) is 0 Å². The lowest BCUT2D eigenvalue weighted by Crippen LogP contribution is -3.15. The van der Waals surface area contributed by atoms with Gasteiger partial charge in [0.2, 0.25) is 0 Å². The van der Waals surface area contributed by atoms with Gasteiger partial charge in [0.15, 0.2) is 0 Å². The highest BCUT2D eigenvalue weighted by molar-refractivity contribution is 6.30. The second-order valence-corrected chi connectivity index (χ2v) is 5.61. The van der Waals surface area contributed by atoms with E-state index in [0.29, 0.717) is 11.4 Å². The molecule has 1 aromatic carbocycles. The van der Waals surface area contributed by atoms with Crippen molar-refractivity contribution in [2.45, 2.75) is 19.4 Å². The number of carbonyl (C=O) groups is 1. The number of nitrogens with one attached hydrogen (secondary N) is 1. The Hall–Kier alpha value is -1.10. The lowest BCUT2D eigenvalue weighted by molar-refractivity contribution is -0.910. The third kappa shape index (κ3) is 5.12. The average molecular weight is 299 g/mol. The summed E-state index contributed by atoms with van der Waals surface area (Å²) in [4.78, 5) is 13.3. The molecule has 0 unspecified atom stereocenters. The molecule has 0 radical (unpaired) electrons. The molecule has 0 saturated carbocycles. The molecular formula is C15H21ClNO3+. The number of quaternary nitrogens is 1. The van der Waals surface area contributed by atoms with E-state index < -0.39 is 0 Å². The van der Waals surface area contributed by atoms with Crippen molar-refractivity contribution < 1.29 is 19.2 Å². The van der Waals surface area contributed by atoms with E-state index in [1.165, 1.54) is 4.90 Å². The maximum atomic E-state index is 11.9. The Bertz CT molecular complexity index is 429. The second kappa shape index (κ2) is 7.62. The van der Waals surface area contributed by atoms with Crippen molar-refractivity contribution in [3.8, 4) is 0 Å². The lowest BCUT2D eigenvalue weighted by atomic mass is 10.1. The minimum Gasteiger partial charge on any atom is -0.456 e. The van der Waals surface area contributed by atoms with Gasteiger partial charge in [-0.15, -0.1) is 0 Å². The molecule has 1 atom stereocenters. The molecule has 0 amide bonds. The standard InChI is InChI=1S/C15H20ClNO3/c1-12(11-17-6-8-19-9-7-17)20-15(18)10-13-2-4-14(16)5-3-13/h2-5,12H,6-11H2,1H3/p+1/t12-/m1/s1. The fraction of sp³-hybridized carbons (Fsp3) is 0.533. The first-order valence-corrected chi connectivity index (χ1v) is 7.36. The van der Waals surface area contributed by atoms with Gasteiger partial charge in [-0.2, -0.15) is 0 Å². The molecule has 1 heterocycles. The normalized spacial score (nSPS) is 17.7. The summed E-state index contributed by atoms with van der Waals surface area (Å²) in [5, 5.41) is 0.673. The highest BCUT2D eigenvalue weighted by atomic mass is 35.5. The molecule has 1 N–H and O–H groups in total. The zero-order valence-electron chi connectivity index (χ0n) is 11.7. The summed E-state index contributed by atoms with van der Waals surface area (Å²) in [6.07, 6.45) is 0.225. The number of esters is 1. The molecule has 2 rings (SSSR count). The van der Waals surface area contributed by atoms with Crippen LogP contribution in [0.15, 0.2) is 24.3 Å². The van der Waals surface area contributed by atoms with E-state index in [1.807, 2.05) is 19.1 Å². The molecule has 1 saturated heterocycles. The molecule has 1 aliphatic rings. The Labute approximate surface area is 124 Å². The molecule has 1 aliphatic heterocycles. The molecule has 1 aromatic rings. The Balaban J connectivity index is 1.74. The molecule has 110 valence electrons. The van der Waals surface area contributed by atoms with Crippen LogP contribution in [0.1, 0.15) is 12.5 Å². The monoisotopic (exact) mass is 298 g/mol. The smallest absolute Gasteiger partial charge is 0.310 e. The number of halogens is 1. The summed E-state index contributed by atoms with van der Waals surface area (Å²) < 4.78 is 10.8. The fourth-order valence-electron chi connectivity index (χ4n) is 2.35. The van der Waals surface area contributed by atoms with E-state index in [-0.39, 0.29) is 12.1 Å². The van der Waals surface area contributed by atoms with Crippen LogP contribution in [0.25, 0.3) is 0 Å². The SMILES string of the molecule is C[C@H](C[NH+]1CCOCC1)OC(=O)Cc1ccc(Cl)cc1. The van der Waals surface area contributed by atoms with Gasteiger partial charge in [-0.05, 0) is 24.6 Å². The molecule has 20 heavy (non-hydrogen) atoms. The Kier molecular flexibility index (Phi) is 5.83. The highest BCUT2D eigenvalue weighted by Gasteiger charge is 2.19. The second-order valence-electron chi connectivity index (χ2n) is 5.17. The maximum Gasteiger partial charge on any atom is 0.310 e. The molecule has 4 nitrogen and oxygen atoms in total. The van der Waals surface area contributed by atoms with E-state index in [9.17, 15) is 4.79 Å². The number of rotatable bonds is 5. The van der Waals surface area contributed by atoms with E-state index in [2.05, 4.69) is 0 Å². The molecule has 0 aromatic heterocycles. The average Bonchev–Trinajstić information content (AvgIpc) is 2.42. The van der Waals surface area contributed by atoms with Crippen LogP contribution >= 0.6 is 11.6 Å². The highest BCUT2D eigenvalue weighted by Crippen LogP contribution is 2.10. The van der Waals surface area contributed by atoms with Gasteiger partial charge in [0.25, 0.3) is 0 Å². The van der Waals surface area contributed by atoms with Gasteiger partial charge in [-0.3, -0.25) is 4.79 Å². The zero-order valence-corrected chi connectivity index (χ0v) is 12.5. The first kappa shape index (κ1) is 15.3. The van der Waals surface area contributed by atoms with Crippen LogP contribution in [0.2, 0.25) is 5.02 Å². The quantitative estimate of drug-likeness (QED) is 0.815. The Morgan fingerprint density at radius 2 is 2.00 bits per heavy atom. The summed E-state index contributed by atoms with van der Waals surface area (Å²) >= 11 is 5.81. The summed E-state index contributed by atoms with van der Waals surface area (Å²) in [6.45, 7) is 6.34. The van der Waals surface area contributed by atoms with Crippen LogP contribution in [0.3, 0.4) is 0 Å². The van der Waals surface area contributed by atoms with Gasteiger partial charge in [-0.25, -0.2) is 0 Å². The van der Waals surface area contributed by atoms with Crippen LogP contribution in [0.4, 0.5) is 0 Å². The third-order valence-corrected chi connectivity index (χ3v) is 3.62. The van der Waals surface area contributed by atoms with Gasteiger partial charge in [-0.1, -0.05) is 23.7 Å². The molecule has 0 bridgehead atoms. The number of benzene rings is 1. The first-order chi connectivity index (χ1) is 9.63. The number of hydrogen-bond acceptors (Lipinski definition) is 3. The van der Waals surface area contributed by atoms with Crippen LogP contribution in [-0.2, 0) is 20.7 Å². The predicted molar refractivity (Wildman–Crippen MR) is 77.1 cm³/mol. The first-order valence-electron chi connectivity index (χ1n) is 6.99. The zero-order chi connectivity index (χ0) is 14.4. The summed E-state index contributed by atoms with van der Waals surface area (Å²) in [7, 11) is 0. The van der Waals surface area contributed by atoms with Crippen molar-refractivity contribution in [3.63, 3.8) is 0 Å². The molecule has 0 aliphatic carbocycles. The molecule has 0 spiro atoms. The van der Waals surface area contributed by atoms with Crippen molar-refractivity contribution >= 4 is 17.6 Å². The third-order valence-electron chi connectivity index (χ3n) is 3.37. The van der Waals surface area contributed by atoms with E-state index in [1.54, 1.807) is 12.1 Å². The molecule has 5 heteroatoms. The van der Waals surface area contributed by atoms with E-state index >= 15 is 0 Å². The minimum atomic E-state index is -0.188. The molecule has 1 fully saturated rings. The van der Waals surface area contributed by atoms with Crippen molar-refractivity contribution in [2.24, 2.45) is 0 Å². The van der Waals surface area contributed by atoms with Crippen molar-refractivity contribution in [3.05, 3.63) is 34.9 Å². The number of hydrogen-bond donors (Lipinski definition) is 1. The molecular weight excluding hydrogens is 278 g/mol. The lowest BCUT2D eigenvalue weighted by Gasteiger charge is -2.26.